The van der Waals surface area contributed by atoms with Crippen LogP contribution in [0.2, 0.25) is 0 Å². The van der Waals surface area contributed by atoms with Crippen molar-refractivity contribution in [2.24, 2.45) is 0 Å². The van der Waals surface area contributed by atoms with Gasteiger partial charge in [-0.2, -0.15) is 9.46 Å². The minimum absolute atomic E-state index is 0.299. The minimum Gasteiger partial charge on any atom is -0.330 e. The fraction of sp³-hybridized carbons (Fsp3) is 0. The first-order valence-corrected chi connectivity index (χ1v) is 6.24. The molecule has 0 spiro atoms. The lowest BCUT2D eigenvalue weighted by atomic mass is 10.1. The maximum absolute atomic E-state index is 11.9. The van der Waals surface area contributed by atoms with E-state index in [1.165, 1.54) is 71.2 Å². The van der Waals surface area contributed by atoms with Gasteiger partial charge in [0.2, 0.25) is 0 Å². The number of aromatic nitrogens is 4. The molecule has 0 aliphatic heterocycles. The van der Waals surface area contributed by atoms with Crippen molar-refractivity contribution in [1.29, 1.82) is 0 Å². The van der Waals surface area contributed by atoms with Crippen LogP contribution in [-0.2, 0) is 0 Å². The second-order valence-electron chi connectivity index (χ2n) is 4.18. The van der Waals surface area contributed by atoms with E-state index in [0.29, 0.717) is 11.1 Å². The first-order chi connectivity index (χ1) is 10.7. The fourth-order valence-corrected chi connectivity index (χ4v) is 1.64. The lowest BCUT2D eigenvalue weighted by Crippen LogP contribution is -2.20. The lowest BCUT2D eigenvalue weighted by Gasteiger charge is -2.05. The van der Waals surface area contributed by atoms with Crippen LogP contribution >= 0.6 is 0 Å². The number of hydrogen-bond donors (Lipinski definition) is 0. The molecule has 0 atom stereocenters. The van der Waals surface area contributed by atoms with Crippen LogP contribution in [0.4, 0.5) is 0 Å². The summed E-state index contributed by atoms with van der Waals surface area (Å²) in [4.78, 5) is 41.2. The Kier molecular flexibility index (Phi) is 3.65. The Morgan fingerprint density at radius 1 is 0.773 bits per heavy atom. The number of benzene rings is 1. The summed E-state index contributed by atoms with van der Waals surface area (Å²) in [6.07, 6.45) is 8.68. The van der Waals surface area contributed by atoms with Gasteiger partial charge in [-0.25, -0.2) is 19.6 Å². The zero-order chi connectivity index (χ0) is 15.4. The Bertz CT molecular complexity index is 697. The molecule has 0 fully saturated rings. The average Bonchev–Trinajstić information content (AvgIpc) is 3.21. The Morgan fingerprint density at radius 2 is 1.18 bits per heavy atom. The highest BCUT2D eigenvalue weighted by molar-refractivity contribution is 5.93. The van der Waals surface area contributed by atoms with Gasteiger partial charge in [0.05, 0.1) is 23.5 Å². The Morgan fingerprint density at radius 3 is 1.50 bits per heavy atom. The van der Waals surface area contributed by atoms with Crippen LogP contribution in [0.15, 0.2) is 61.7 Å². The van der Waals surface area contributed by atoms with E-state index in [1.807, 2.05) is 0 Å². The molecule has 0 saturated carbocycles. The molecule has 0 bridgehead atoms. The van der Waals surface area contributed by atoms with Gasteiger partial charge in [-0.15, -0.1) is 0 Å². The van der Waals surface area contributed by atoms with Gasteiger partial charge < -0.3 is 9.68 Å². The van der Waals surface area contributed by atoms with Crippen LogP contribution < -0.4 is 9.68 Å². The molecule has 0 saturated heterocycles. The number of hydrogen-bond acceptors (Lipinski definition) is 6. The average molecular weight is 298 g/mol. The molecule has 0 N–H and O–H groups in total. The summed E-state index contributed by atoms with van der Waals surface area (Å²) >= 11 is 0. The van der Waals surface area contributed by atoms with Gasteiger partial charge in [0.1, 0.15) is 12.7 Å². The smallest absolute Gasteiger partial charge is 0.330 e. The van der Waals surface area contributed by atoms with Gasteiger partial charge in [0.15, 0.2) is 0 Å². The molecule has 0 aliphatic rings. The van der Waals surface area contributed by atoms with Crippen molar-refractivity contribution in [1.82, 2.24) is 19.4 Å². The Hall–Kier alpha value is -3.42. The number of carbonyl (C=O) groups is 2. The van der Waals surface area contributed by atoms with Crippen molar-refractivity contribution in [3.63, 3.8) is 0 Å². The van der Waals surface area contributed by atoms with E-state index >= 15 is 0 Å². The lowest BCUT2D eigenvalue weighted by molar-refractivity contribution is 0.0446. The van der Waals surface area contributed by atoms with Crippen molar-refractivity contribution in [3.05, 3.63) is 72.8 Å². The second-order valence-corrected chi connectivity index (χ2v) is 4.18. The molecule has 22 heavy (non-hydrogen) atoms. The monoisotopic (exact) mass is 298 g/mol. The molecular formula is C14H10N4O4. The summed E-state index contributed by atoms with van der Waals surface area (Å²) in [5.41, 5.74) is 0.598. The van der Waals surface area contributed by atoms with Crippen molar-refractivity contribution in [2.45, 2.75) is 0 Å². The van der Waals surface area contributed by atoms with Crippen LogP contribution in [0.5, 0.6) is 0 Å². The van der Waals surface area contributed by atoms with E-state index in [2.05, 4.69) is 9.97 Å². The third-order valence-corrected chi connectivity index (χ3v) is 2.69. The number of imidazole rings is 2. The molecule has 8 heteroatoms. The van der Waals surface area contributed by atoms with Crippen LogP contribution in [0.3, 0.4) is 0 Å². The van der Waals surface area contributed by atoms with E-state index in [-0.39, 0.29) is 0 Å². The number of carbonyl (C=O) groups excluding carboxylic acids is 2. The number of rotatable bonds is 4. The second kappa shape index (κ2) is 5.92. The summed E-state index contributed by atoms with van der Waals surface area (Å²) in [5, 5.41) is 0. The van der Waals surface area contributed by atoms with Crippen molar-refractivity contribution < 1.29 is 19.3 Å². The topological polar surface area (TPSA) is 88.2 Å². The summed E-state index contributed by atoms with van der Waals surface area (Å²) in [6.45, 7) is 0. The van der Waals surface area contributed by atoms with Gasteiger partial charge in [0, 0.05) is 12.4 Å². The molecule has 0 amide bonds. The maximum Gasteiger partial charge on any atom is 0.363 e. The van der Waals surface area contributed by atoms with E-state index in [4.69, 9.17) is 9.68 Å². The highest BCUT2D eigenvalue weighted by Crippen LogP contribution is 2.06. The van der Waals surface area contributed by atoms with Crippen LogP contribution in [-0.4, -0.2) is 31.4 Å². The molecule has 2 heterocycles. The molecular weight excluding hydrogens is 288 g/mol. The van der Waals surface area contributed by atoms with Crippen molar-refractivity contribution in [3.8, 4) is 0 Å². The molecule has 1 aromatic carbocycles. The predicted octanol–water partition coefficient (Wildman–Crippen LogP) is 0.618. The first kappa shape index (κ1) is 13.6. The summed E-state index contributed by atoms with van der Waals surface area (Å²) in [6, 6.07) is 5.90. The maximum atomic E-state index is 11.9. The molecule has 2 aromatic heterocycles. The van der Waals surface area contributed by atoms with Crippen LogP contribution in [0.1, 0.15) is 20.7 Å². The van der Waals surface area contributed by atoms with Crippen molar-refractivity contribution in [2.75, 3.05) is 0 Å². The van der Waals surface area contributed by atoms with Gasteiger partial charge in [-0.1, -0.05) is 0 Å². The molecule has 3 aromatic rings. The van der Waals surface area contributed by atoms with Crippen LogP contribution in [0, 0.1) is 0 Å². The van der Waals surface area contributed by atoms with Gasteiger partial charge in [-0.3, -0.25) is 0 Å². The third-order valence-electron chi connectivity index (χ3n) is 2.69. The quantitative estimate of drug-likeness (QED) is 0.701. The minimum atomic E-state index is -0.562. The summed E-state index contributed by atoms with van der Waals surface area (Å²) in [7, 11) is 0. The van der Waals surface area contributed by atoms with Gasteiger partial charge in [0.25, 0.3) is 0 Å². The molecule has 3 rings (SSSR count). The highest BCUT2D eigenvalue weighted by atomic mass is 16.7. The highest BCUT2D eigenvalue weighted by Gasteiger charge is 2.12. The van der Waals surface area contributed by atoms with Gasteiger partial charge >= 0.3 is 11.9 Å². The SMILES string of the molecule is O=C(On1ccnc1)c1ccc(C(=O)On2ccnc2)cc1. The summed E-state index contributed by atoms with van der Waals surface area (Å²) < 4.78 is 2.37. The van der Waals surface area contributed by atoms with E-state index < -0.39 is 11.9 Å². The molecule has 110 valence electrons. The van der Waals surface area contributed by atoms with E-state index in [1.54, 1.807) is 0 Å². The fourth-order valence-electron chi connectivity index (χ4n) is 1.64. The zero-order valence-corrected chi connectivity index (χ0v) is 11.2. The molecule has 0 unspecified atom stereocenters. The summed E-state index contributed by atoms with van der Waals surface area (Å²) in [5.74, 6) is -1.12. The van der Waals surface area contributed by atoms with Crippen LogP contribution in [0.25, 0.3) is 0 Å². The van der Waals surface area contributed by atoms with E-state index in [0.717, 1.165) is 0 Å². The van der Waals surface area contributed by atoms with E-state index in [9.17, 15) is 9.59 Å². The standard InChI is InChI=1S/C14H10N4O4/c19-13(21-17-7-5-15-9-17)11-1-2-12(4-3-11)14(20)22-18-8-6-16-10-18/h1-10H. The molecule has 0 radical (unpaired) electrons. The zero-order valence-electron chi connectivity index (χ0n) is 11.2. The Balaban J connectivity index is 1.67. The Labute approximate surface area is 124 Å². The first-order valence-electron chi connectivity index (χ1n) is 6.24. The largest absolute Gasteiger partial charge is 0.363 e. The molecule has 0 aliphatic carbocycles. The number of nitrogens with zero attached hydrogens (tertiary/aromatic N) is 4. The van der Waals surface area contributed by atoms with Crippen molar-refractivity contribution >= 4 is 11.9 Å². The third kappa shape index (κ3) is 3.01. The van der Waals surface area contributed by atoms with Gasteiger partial charge in [-0.05, 0) is 24.3 Å². The normalized spacial score (nSPS) is 10.2. The molecule has 8 nitrogen and oxygen atoms in total. The predicted molar refractivity (Wildman–Crippen MR) is 72.7 cm³/mol.